The van der Waals surface area contributed by atoms with Crippen LogP contribution in [0.4, 0.5) is 18.9 Å². The molecule has 0 radical (unpaired) electrons. The highest BCUT2D eigenvalue weighted by molar-refractivity contribution is 7.15. The quantitative estimate of drug-likeness (QED) is 0.369. The average molecular weight is 466 g/mol. The van der Waals surface area contributed by atoms with Gasteiger partial charge >= 0.3 is 6.36 Å². The van der Waals surface area contributed by atoms with Crippen LogP contribution in [0.25, 0.3) is 16.2 Å². The van der Waals surface area contributed by atoms with E-state index in [9.17, 15) is 18.0 Å². The molecule has 0 saturated carbocycles. The third-order valence-corrected chi connectivity index (χ3v) is 5.54. The third-order valence-electron chi connectivity index (χ3n) is 4.40. The van der Waals surface area contributed by atoms with Crippen molar-refractivity contribution in [3.63, 3.8) is 0 Å². The summed E-state index contributed by atoms with van der Waals surface area (Å²) in [5.41, 5.74) is 3.09. The van der Waals surface area contributed by atoms with Crippen LogP contribution in [0, 0.1) is 0 Å². The van der Waals surface area contributed by atoms with Crippen LogP contribution < -0.4 is 10.1 Å². The first-order valence-corrected chi connectivity index (χ1v) is 10.4. The minimum Gasteiger partial charge on any atom is -0.406 e. The maximum absolute atomic E-state index is 12.3. The molecule has 0 aliphatic heterocycles. The highest BCUT2D eigenvalue weighted by Gasteiger charge is 2.30. The van der Waals surface area contributed by atoms with Gasteiger partial charge in [0, 0.05) is 40.0 Å². The molecule has 2 heterocycles. The molecule has 5 nitrogen and oxygen atoms in total. The molecule has 4 rings (SSSR count). The summed E-state index contributed by atoms with van der Waals surface area (Å²) in [6.45, 7) is 0. The molecule has 1 amide bonds. The molecular weight excluding hydrogens is 451 g/mol. The Morgan fingerprint density at radius 2 is 1.84 bits per heavy atom. The number of carbonyl (C=O) groups is 1. The lowest BCUT2D eigenvalue weighted by Crippen LogP contribution is -2.17. The lowest BCUT2D eigenvalue weighted by Gasteiger charge is -2.10. The van der Waals surface area contributed by atoms with Crippen LogP contribution in [0.5, 0.6) is 5.75 Å². The van der Waals surface area contributed by atoms with Crippen LogP contribution in [-0.2, 0) is 11.2 Å². The molecule has 4 aromatic rings. The number of thiazole rings is 1. The Balaban J connectivity index is 1.37. The normalized spacial score (nSPS) is 11.6. The molecule has 10 heteroatoms. The fraction of sp³-hybridized carbons (Fsp3) is 0.143. The predicted octanol–water partition coefficient (Wildman–Crippen LogP) is 6.19. The second-order valence-corrected chi connectivity index (χ2v) is 7.91. The first kappa shape index (κ1) is 21.2. The van der Waals surface area contributed by atoms with Crippen LogP contribution in [0.15, 0.2) is 60.1 Å². The molecule has 0 bridgehead atoms. The van der Waals surface area contributed by atoms with Crippen molar-refractivity contribution >= 4 is 39.5 Å². The fourth-order valence-corrected chi connectivity index (χ4v) is 4.01. The van der Waals surface area contributed by atoms with Gasteiger partial charge in [0.2, 0.25) is 5.91 Å². The van der Waals surface area contributed by atoms with Gasteiger partial charge in [-0.1, -0.05) is 23.7 Å². The van der Waals surface area contributed by atoms with Gasteiger partial charge in [-0.2, -0.15) is 0 Å². The van der Waals surface area contributed by atoms with Crippen molar-refractivity contribution in [2.45, 2.75) is 19.2 Å². The van der Waals surface area contributed by atoms with Gasteiger partial charge in [0.05, 0.1) is 5.69 Å². The van der Waals surface area contributed by atoms with Gasteiger partial charge in [0.15, 0.2) is 4.96 Å². The number of halogens is 4. The molecule has 0 spiro atoms. The molecule has 0 fully saturated rings. The summed E-state index contributed by atoms with van der Waals surface area (Å²) in [5.74, 6) is -0.593. The Labute approximate surface area is 184 Å². The van der Waals surface area contributed by atoms with Crippen LogP contribution in [0.2, 0.25) is 5.02 Å². The number of imidazole rings is 1. The number of aromatic nitrogens is 2. The second kappa shape index (κ2) is 8.60. The number of aryl methyl sites for hydroxylation is 1. The minimum absolute atomic E-state index is 0.209. The Kier molecular flexibility index (Phi) is 5.88. The zero-order valence-corrected chi connectivity index (χ0v) is 17.4. The van der Waals surface area contributed by atoms with E-state index in [2.05, 4.69) is 15.0 Å². The largest absolute Gasteiger partial charge is 0.573 e. The number of benzene rings is 2. The lowest BCUT2D eigenvalue weighted by atomic mass is 10.2. The van der Waals surface area contributed by atoms with E-state index in [1.54, 1.807) is 12.1 Å². The third kappa shape index (κ3) is 5.36. The summed E-state index contributed by atoms with van der Waals surface area (Å²) in [4.78, 5) is 17.7. The van der Waals surface area contributed by atoms with Crippen molar-refractivity contribution in [3.8, 4) is 17.0 Å². The lowest BCUT2D eigenvalue weighted by molar-refractivity contribution is -0.274. The topological polar surface area (TPSA) is 55.6 Å². The van der Waals surface area contributed by atoms with Gasteiger partial charge in [-0.3, -0.25) is 9.20 Å². The standard InChI is InChI=1S/C21H15ClF3N3O2S/c22-14-3-1-13(2-4-14)18-11-28-16(12-31-20(28)27-18)7-10-19(29)26-15-5-8-17(9-6-15)30-21(23,24)25/h1-6,8-9,11-12H,7,10H2,(H,26,29). The summed E-state index contributed by atoms with van der Waals surface area (Å²) >= 11 is 7.41. The SMILES string of the molecule is O=C(CCc1csc2nc(-c3ccc(Cl)cc3)cn12)Nc1ccc(OC(F)(F)F)cc1. The van der Waals surface area contributed by atoms with Crippen molar-refractivity contribution in [2.24, 2.45) is 0 Å². The molecule has 0 atom stereocenters. The van der Waals surface area contributed by atoms with Gasteiger partial charge in [-0.15, -0.1) is 24.5 Å². The number of nitrogens with one attached hydrogen (secondary N) is 1. The van der Waals surface area contributed by atoms with Gasteiger partial charge in [0.25, 0.3) is 0 Å². The van der Waals surface area contributed by atoms with Crippen molar-refractivity contribution in [2.75, 3.05) is 5.32 Å². The molecule has 31 heavy (non-hydrogen) atoms. The molecule has 2 aromatic heterocycles. The number of rotatable bonds is 6. The van der Waals surface area contributed by atoms with Crippen LogP contribution in [-0.4, -0.2) is 21.7 Å². The van der Waals surface area contributed by atoms with Crippen molar-refractivity contribution in [1.29, 1.82) is 0 Å². The van der Waals surface area contributed by atoms with Crippen molar-refractivity contribution in [1.82, 2.24) is 9.38 Å². The molecular formula is C21H15ClF3N3O2S. The maximum atomic E-state index is 12.3. The van der Waals surface area contributed by atoms with Gasteiger partial charge in [-0.25, -0.2) is 4.98 Å². The summed E-state index contributed by atoms with van der Waals surface area (Å²) in [7, 11) is 0. The molecule has 1 N–H and O–H groups in total. The number of nitrogens with zero attached hydrogens (tertiary/aromatic N) is 2. The number of amides is 1. The highest BCUT2D eigenvalue weighted by Crippen LogP contribution is 2.26. The number of alkyl halides is 3. The Morgan fingerprint density at radius 3 is 2.52 bits per heavy atom. The molecule has 160 valence electrons. The minimum atomic E-state index is -4.75. The van der Waals surface area contributed by atoms with E-state index in [-0.39, 0.29) is 18.1 Å². The van der Waals surface area contributed by atoms with E-state index in [1.807, 2.05) is 28.1 Å². The number of hydrogen-bond acceptors (Lipinski definition) is 4. The number of anilines is 1. The van der Waals surface area contributed by atoms with E-state index in [1.165, 1.54) is 23.5 Å². The van der Waals surface area contributed by atoms with Gasteiger partial charge in [0.1, 0.15) is 5.75 Å². The molecule has 0 unspecified atom stereocenters. The van der Waals surface area contributed by atoms with Gasteiger partial charge < -0.3 is 10.1 Å². The van der Waals surface area contributed by atoms with Crippen LogP contribution in [0.1, 0.15) is 12.1 Å². The Bertz CT molecular complexity index is 1200. The summed E-state index contributed by atoms with van der Waals surface area (Å²) in [6.07, 6.45) is -2.14. The highest BCUT2D eigenvalue weighted by atomic mass is 35.5. The number of ether oxygens (including phenoxy) is 1. The number of carbonyl (C=O) groups excluding carboxylic acids is 1. The Morgan fingerprint density at radius 1 is 1.13 bits per heavy atom. The van der Waals surface area contributed by atoms with E-state index in [4.69, 9.17) is 11.6 Å². The smallest absolute Gasteiger partial charge is 0.406 e. The average Bonchev–Trinajstić information content (AvgIpc) is 3.28. The summed E-state index contributed by atoms with van der Waals surface area (Å²) in [5, 5.41) is 5.27. The van der Waals surface area contributed by atoms with Crippen LogP contribution in [0.3, 0.4) is 0 Å². The molecule has 0 saturated heterocycles. The monoisotopic (exact) mass is 465 g/mol. The Hall–Kier alpha value is -3.04. The maximum Gasteiger partial charge on any atom is 0.573 e. The van der Waals surface area contributed by atoms with Crippen LogP contribution >= 0.6 is 22.9 Å². The summed E-state index contributed by atoms with van der Waals surface area (Å²) in [6, 6.07) is 12.4. The zero-order valence-electron chi connectivity index (χ0n) is 15.8. The van der Waals surface area contributed by atoms with E-state index in [0.29, 0.717) is 17.1 Å². The van der Waals surface area contributed by atoms with Crippen molar-refractivity contribution in [3.05, 3.63) is 70.8 Å². The summed E-state index contributed by atoms with van der Waals surface area (Å²) < 4.78 is 42.4. The number of fused-ring (bicyclic) bond motifs is 1. The van der Waals surface area contributed by atoms with Crippen molar-refractivity contribution < 1.29 is 22.7 Å². The van der Waals surface area contributed by atoms with E-state index in [0.717, 1.165) is 34.0 Å². The molecule has 0 aliphatic rings. The number of hydrogen-bond donors (Lipinski definition) is 1. The first-order valence-electron chi connectivity index (χ1n) is 9.14. The second-order valence-electron chi connectivity index (χ2n) is 6.63. The zero-order chi connectivity index (χ0) is 22.0. The predicted molar refractivity (Wildman–Crippen MR) is 114 cm³/mol. The molecule has 2 aromatic carbocycles. The van der Waals surface area contributed by atoms with Gasteiger partial charge in [-0.05, 0) is 42.8 Å². The van der Waals surface area contributed by atoms with E-state index >= 15 is 0 Å². The fourth-order valence-electron chi connectivity index (χ4n) is 2.97. The van der Waals surface area contributed by atoms with E-state index < -0.39 is 6.36 Å². The first-order chi connectivity index (χ1) is 14.8. The molecule has 0 aliphatic carbocycles.